The lowest BCUT2D eigenvalue weighted by atomic mass is 10.2. The number of rotatable bonds is 5. The first kappa shape index (κ1) is 13.3. The molecule has 1 aliphatic rings. The summed E-state index contributed by atoms with van der Waals surface area (Å²) in [6, 6.07) is 3.05. The molecule has 0 bridgehead atoms. The van der Waals surface area contributed by atoms with Gasteiger partial charge in [-0.1, -0.05) is 0 Å². The molecule has 19 heavy (non-hydrogen) atoms. The van der Waals surface area contributed by atoms with E-state index in [1.807, 2.05) is 0 Å². The molecule has 1 atom stereocenters. The van der Waals surface area contributed by atoms with Crippen molar-refractivity contribution in [1.29, 1.82) is 0 Å². The monoisotopic (exact) mass is 268 g/mol. The fourth-order valence-corrected chi connectivity index (χ4v) is 1.52. The number of nitro benzene ring substituents is 1. The van der Waals surface area contributed by atoms with E-state index in [0.717, 1.165) is 31.0 Å². The van der Waals surface area contributed by atoms with Gasteiger partial charge in [-0.25, -0.2) is 4.39 Å². The number of nitrogens with zero attached hydrogens (tertiary/aromatic N) is 1. The maximum Gasteiger partial charge on any atom is 0.311 e. The summed E-state index contributed by atoms with van der Waals surface area (Å²) in [5, 5.41) is 13.5. The first-order chi connectivity index (χ1) is 8.97. The van der Waals surface area contributed by atoms with Crippen molar-refractivity contribution in [2.45, 2.75) is 31.9 Å². The van der Waals surface area contributed by atoms with Crippen LogP contribution in [0.3, 0.4) is 0 Å². The minimum absolute atomic E-state index is 0.168. The first-order valence-electron chi connectivity index (χ1n) is 5.88. The summed E-state index contributed by atoms with van der Waals surface area (Å²) >= 11 is 0. The minimum Gasteiger partial charge on any atom is -0.474 e. The summed E-state index contributed by atoms with van der Waals surface area (Å²) in [6.07, 6.45) is 0.943. The second kappa shape index (κ2) is 5.21. The molecule has 1 amide bonds. The fourth-order valence-electron chi connectivity index (χ4n) is 1.52. The quantitative estimate of drug-likeness (QED) is 0.652. The van der Waals surface area contributed by atoms with Gasteiger partial charge < -0.3 is 10.1 Å². The third-order valence-corrected chi connectivity index (χ3v) is 2.72. The Morgan fingerprint density at radius 3 is 2.84 bits per heavy atom. The van der Waals surface area contributed by atoms with Crippen LogP contribution in [0.2, 0.25) is 0 Å². The van der Waals surface area contributed by atoms with Crippen molar-refractivity contribution in [2.24, 2.45) is 0 Å². The Bertz CT molecular complexity index is 516. The Morgan fingerprint density at radius 1 is 1.58 bits per heavy atom. The summed E-state index contributed by atoms with van der Waals surface area (Å²) in [4.78, 5) is 21.8. The van der Waals surface area contributed by atoms with Crippen LogP contribution >= 0.6 is 0 Å². The van der Waals surface area contributed by atoms with Gasteiger partial charge in [0.15, 0.2) is 6.10 Å². The van der Waals surface area contributed by atoms with Crippen molar-refractivity contribution in [3.63, 3.8) is 0 Å². The van der Waals surface area contributed by atoms with Gasteiger partial charge in [-0.05, 0) is 25.8 Å². The van der Waals surface area contributed by atoms with Gasteiger partial charge in [0.25, 0.3) is 5.91 Å². The molecule has 0 radical (unpaired) electrons. The number of nitro groups is 1. The topological polar surface area (TPSA) is 81.5 Å². The predicted molar refractivity (Wildman–Crippen MR) is 64.3 cm³/mol. The molecule has 7 heteroatoms. The van der Waals surface area contributed by atoms with Crippen LogP contribution in [0.15, 0.2) is 18.2 Å². The third kappa shape index (κ3) is 3.40. The Morgan fingerprint density at radius 2 is 2.26 bits per heavy atom. The molecule has 1 saturated carbocycles. The van der Waals surface area contributed by atoms with Crippen LogP contribution < -0.4 is 10.1 Å². The summed E-state index contributed by atoms with van der Waals surface area (Å²) < 4.78 is 18.3. The van der Waals surface area contributed by atoms with Crippen molar-refractivity contribution in [2.75, 3.05) is 0 Å². The highest BCUT2D eigenvalue weighted by atomic mass is 19.1. The maximum absolute atomic E-state index is 13.1. The molecule has 6 nitrogen and oxygen atoms in total. The van der Waals surface area contributed by atoms with Gasteiger partial charge >= 0.3 is 5.69 Å². The van der Waals surface area contributed by atoms with E-state index in [1.165, 1.54) is 6.92 Å². The van der Waals surface area contributed by atoms with E-state index in [9.17, 15) is 19.3 Å². The van der Waals surface area contributed by atoms with Gasteiger partial charge in [0.05, 0.1) is 4.92 Å². The predicted octanol–water partition coefficient (Wildman–Crippen LogP) is 1.78. The first-order valence-corrected chi connectivity index (χ1v) is 5.88. The molecule has 0 aromatic heterocycles. The molecule has 0 saturated heterocycles. The van der Waals surface area contributed by atoms with Crippen LogP contribution in [0.5, 0.6) is 5.75 Å². The van der Waals surface area contributed by atoms with E-state index >= 15 is 0 Å². The second-order valence-electron chi connectivity index (χ2n) is 4.41. The van der Waals surface area contributed by atoms with Crippen molar-refractivity contribution in [3.05, 3.63) is 34.1 Å². The molecule has 1 aliphatic carbocycles. The zero-order valence-corrected chi connectivity index (χ0v) is 10.3. The molecule has 1 fully saturated rings. The standard InChI is InChI=1S/C12H13FN2O4/c1-7(12(16)14-9-3-4-9)19-11-6-8(13)2-5-10(11)15(17)18/h2,5-7,9H,3-4H2,1H3,(H,14,16). The maximum atomic E-state index is 13.1. The van der Waals surface area contributed by atoms with E-state index < -0.39 is 16.8 Å². The minimum atomic E-state index is -0.916. The van der Waals surface area contributed by atoms with Crippen LogP contribution in [0.1, 0.15) is 19.8 Å². The number of hydrogen-bond donors (Lipinski definition) is 1. The zero-order valence-electron chi connectivity index (χ0n) is 10.3. The summed E-state index contributed by atoms with van der Waals surface area (Å²) in [6.45, 7) is 1.46. The number of ether oxygens (including phenoxy) is 1. The smallest absolute Gasteiger partial charge is 0.311 e. The Kier molecular flexibility index (Phi) is 3.64. The van der Waals surface area contributed by atoms with E-state index in [4.69, 9.17) is 4.74 Å². The molecule has 1 unspecified atom stereocenters. The lowest BCUT2D eigenvalue weighted by Gasteiger charge is -2.14. The lowest BCUT2D eigenvalue weighted by Crippen LogP contribution is -2.37. The highest BCUT2D eigenvalue weighted by Gasteiger charge is 2.27. The Balaban J connectivity index is 2.10. The van der Waals surface area contributed by atoms with Crippen LogP contribution in [-0.4, -0.2) is 23.0 Å². The number of benzene rings is 1. The molecule has 2 rings (SSSR count). The summed E-state index contributed by atoms with van der Waals surface area (Å²) in [5.41, 5.74) is -0.368. The van der Waals surface area contributed by atoms with Crippen molar-refractivity contribution in [3.8, 4) is 5.75 Å². The summed E-state index contributed by atoms with van der Waals surface area (Å²) in [5.74, 6) is -1.26. The SMILES string of the molecule is CC(Oc1cc(F)ccc1[N+](=O)[O-])C(=O)NC1CC1. The number of hydrogen-bond acceptors (Lipinski definition) is 4. The lowest BCUT2D eigenvalue weighted by molar-refractivity contribution is -0.386. The van der Waals surface area contributed by atoms with Gasteiger partial charge in [-0.2, -0.15) is 0 Å². The van der Waals surface area contributed by atoms with Gasteiger partial charge in [0, 0.05) is 18.2 Å². The van der Waals surface area contributed by atoms with Crippen LogP contribution in [0.4, 0.5) is 10.1 Å². The third-order valence-electron chi connectivity index (χ3n) is 2.72. The van der Waals surface area contributed by atoms with Crippen molar-refractivity contribution in [1.82, 2.24) is 5.32 Å². The molecular weight excluding hydrogens is 255 g/mol. The highest BCUT2D eigenvalue weighted by Crippen LogP contribution is 2.28. The Hall–Kier alpha value is -2.18. The molecular formula is C12H13FN2O4. The van der Waals surface area contributed by atoms with Gasteiger partial charge in [-0.3, -0.25) is 14.9 Å². The number of halogens is 1. The molecule has 1 N–H and O–H groups in total. The zero-order chi connectivity index (χ0) is 14.0. The van der Waals surface area contributed by atoms with Gasteiger partial charge in [-0.15, -0.1) is 0 Å². The highest BCUT2D eigenvalue weighted by molar-refractivity contribution is 5.81. The van der Waals surface area contributed by atoms with Crippen molar-refractivity contribution >= 4 is 11.6 Å². The normalized spacial score (nSPS) is 15.7. The van der Waals surface area contributed by atoms with E-state index in [-0.39, 0.29) is 23.4 Å². The summed E-state index contributed by atoms with van der Waals surface area (Å²) in [7, 11) is 0. The number of nitrogens with one attached hydrogen (secondary N) is 1. The van der Waals surface area contributed by atoms with Gasteiger partial charge in [0.1, 0.15) is 5.82 Å². The molecule has 0 spiro atoms. The fraction of sp³-hybridized carbons (Fsp3) is 0.417. The molecule has 1 aromatic rings. The second-order valence-corrected chi connectivity index (χ2v) is 4.41. The average Bonchev–Trinajstić information content (AvgIpc) is 3.12. The molecule has 102 valence electrons. The number of carbonyl (C=O) groups is 1. The largest absolute Gasteiger partial charge is 0.474 e. The van der Waals surface area contributed by atoms with Crippen LogP contribution in [-0.2, 0) is 4.79 Å². The number of amides is 1. The molecule has 0 aliphatic heterocycles. The van der Waals surface area contributed by atoms with Crippen LogP contribution in [0, 0.1) is 15.9 Å². The average molecular weight is 268 g/mol. The molecule has 0 heterocycles. The van der Waals surface area contributed by atoms with Crippen molar-refractivity contribution < 1.29 is 18.8 Å². The molecule has 1 aromatic carbocycles. The number of carbonyl (C=O) groups excluding carboxylic acids is 1. The van der Waals surface area contributed by atoms with E-state index in [2.05, 4.69) is 5.32 Å². The van der Waals surface area contributed by atoms with Gasteiger partial charge in [0.2, 0.25) is 5.75 Å². The Labute approximate surface area is 108 Å². The van der Waals surface area contributed by atoms with E-state index in [0.29, 0.717) is 0 Å². The van der Waals surface area contributed by atoms with Crippen LogP contribution in [0.25, 0.3) is 0 Å². The van der Waals surface area contributed by atoms with E-state index in [1.54, 1.807) is 0 Å².